The maximum atomic E-state index is 13.4. The molecule has 1 aliphatic carbocycles. The highest BCUT2D eigenvalue weighted by molar-refractivity contribution is 7.99. The summed E-state index contributed by atoms with van der Waals surface area (Å²) < 4.78 is 3.19. The number of aryl methyl sites for hydroxylation is 2. The van der Waals surface area contributed by atoms with Crippen molar-refractivity contribution in [1.82, 2.24) is 19.7 Å². The standard InChI is InChI=1S/C23H23N5OS2/c1-15-8-11-19-21(16(15)2)25-22(31-19)27(12-17-6-4-3-5-7-17)20(29)13-30-23-26-24-14-28(23)18-9-10-18/h3-8,11,14,18H,9-10,12-13H2,1-2H3. The summed E-state index contributed by atoms with van der Waals surface area (Å²) in [5.74, 6) is 0.319. The highest BCUT2D eigenvalue weighted by Gasteiger charge is 2.27. The molecule has 0 N–H and O–H groups in total. The second-order valence-electron chi connectivity index (χ2n) is 7.86. The number of carbonyl (C=O) groups excluding carboxylic acids is 1. The summed E-state index contributed by atoms with van der Waals surface area (Å²) in [6, 6.07) is 14.8. The smallest absolute Gasteiger partial charge is 0.239 e. The Morgan fingerprint density at radius 1 is 1.19 bits per heavy atom. The van der Waals surface area contributed by atoms with Crippen molar-refractivity contribution < 1.29 is 4.79 Å². The maximum Gasteiger partial charge on any atom is 0.239 e. The van der Waals surface area contributed by atoms with Crippen LogP contribution in [0.5, 0.6) is 0 Å². The summed E-state index contributed by atoms with van der Waals surface area (Å²) in [7, 11) is 0. The summed E-state index contributed by atoms with van der Waals surface area (Å²) in [6.45, 7) is 4.67. The molecule has 8 heteroatoms. The minimum Gasteiger partial charge on any atom is -0.306 e. The van der Waals surface area contributed by atoms with Crippen molar-refractivity contribution in [1.29, 1.82) is 0 Å². The number of benzene rings is 2. The molecule has 1 aliphatic rings. The van der Waals surface area contributed by atoms with E-state index in [1.807, 2.05) is 30.3 Å². The Morgan fingerprint density at radius 3 is 2.77 bits per heavy atom. The molecule has 0 saturated heterocycles. The topological polar surface area (TPSA) is 63.9 Å². The number of rotatable bonds is 7. The fourth-order valence-corrected chi connectivity index (χ4v) is 5.40. The van der Waals surface area contributed by atoms with Crippen LogP contribution in [0.25, 0.3) is 10.2 Å². The molecular weight excluding hydrogens is 426 g/mol. The SMILES string of the molecule is Cc1ccc2sc(N(Cc3ccccc3)C(=O)CSc3nncn3C3CC3)nc2c1C. The second-order valence-corrected chi connectivity index (χ2v) is 9.81. The van der Waals surface area contributed by atoms with Gasteiger partial charge < -0.3 is 4.57 Å². The number of hydrogen-bond donors (Lipinski definition) is 0. The van der Waals surface area contributed by atoms with Crippen LogP contribution in [-0.4, -0.2) is 31.4 Å². The zero-order valence-corrected chi connectivity index (χ0v) is 19.1. The van der Waals surface area contributed by atoms with Gasteiger partial charge in [-0.05, 0) is 49.4 Å². The lowest BCUT2D eigenvalue weighted by molar-refractivity contribution is -0.116. The van der Waals surface area contributed by atoms with Crippen LogP contribution in [-0.2, 0) is 11.3 Å². The van der Waals surface area contributed by atoms with E-state index < -0.39 is 0 Å². The van der Waals surface area contributed by atoms with Crippen molar-refractivity contribution >= 4 is 44.4 Å². The number of thiazole rings is 1. The van der Waals surface area contributed by atoms with Gasteiger partial charge in [-0.15, -0.1) is 10.2 Å². The van der Waals surface area contributed by atoms with Crippen LogP contribution < -0.4 is 4.90 Å². The molecule has 0 radical (unpaired) electrons. The third-order valence-corrected chi connectivity index (χ3v) is 7.58. The van der Waals surface area contributed by atoms with Crippen molar-refractivity contribution in [2.75, 3.05) is 10.7 Å². The number of aromatic nitrogens is 4. The van der Waals surface area contributed by atoms with E-state index in [9.17, 15) is 4.79 Å². The number of nitrogens with zero attached hydrogens (tertiary/aromatic N) is 5. The first-order valence-electron chi connectivity index (χ1n) is 10.3. The maximum absolute atomic E-state index is 13.4. The van der Waals surface area contributed by atoms with Crippen molar-refractivity contribution in [3.8, 4) is 0 Å². The first-order chi connectivity index (χ1) is 15.1. The summed E-state index contributed by atoms with van der Waals surface area (Å²) in [4.78, 5) is 20.1. The van der Waals surface area contributed by atoms with Crippen LogP contribution in [0.1, 0.15) is 35.6 Å². The molecule has 4 aromatic rings. The largest absolute Gasteiger partial charge is 0.306 e. The summed E-state index contributed by atoms with van der Waals surface area (Å²) >= 11 is 3.02. The highest BCUT2D eigenvalue weighted by Crippen LogP contribution is 2.37. The van der Waals surface area contributed by atoms with Crippen LogP contribution >= 0.6 is 23.1 Å². The third-order valence-electron chi connectivity index (χ3n) is 5.59. The molecular formula is C23H23N5OS2. The molecule has 5 rings (SSSR count). The molecule has 2 heterocycles. The molecule has 1 amide bonds. The van der Waals surface area contributed by atoms with E-state index in [1.165, 1.54) is 22.9 Å². The lowest BCUT2D eigenvalue weighted by Crippen LogP contribution is -2.32. The van der Waals surface area contributed by atoms with Gasteiger partial charge in [-0.2, -0.15) is 0 Å². The van der Waals surface area contributed by atoms with Gasteiger partial charge in [0, 0.05) is 6.04 Å². The molecule has 2 aromatic carbocycles. The van der Waals surface area contributed by atoms with Gasteiger partial charge in [0.1, 0.15) is 6.33 Å². The van der Waals surface area contributed by atoms with Crippen molar-refractivity contribution in [3.63, 3.8) is 0 Å². The zero-order valence-electron chi connectivity index (χ0n) is 17.5. The third kappa shape index (κ3) is 4.22. The van der Waals surface area contributed by atoms with Gasteiger partial charge in [-0.1, -0.05) is 59.5 Å². The number of fused-ring (bicyclic) bond motifs is 1. The van der Waals surface area contributed by atoms with E-state index in [0.29, 0.717) is 18.3 Å². The fraction of sp³-hybridized carbons (Fsp3) is 0.304. The number of anilines is 1. The first-order valence-corrected chi connectivity index (χ1v) is 12.1. The van der Waals surface area contributed by atoms with Crippen molar-refractivity contribution in [2.45, 2.75) is 44.4 Å². The number of hydrogen-bond acceptors (Lipinski definition) is 6. The first kappa shape index (κ1) is 20.2. The zero-order chi connectivity index (χ0) is 21.4. The average molecular weight is 450 g/mol. The lowest BCUT2D eigenvalue weighted by atomic mass is 10.1. The van der Waals surface area contributed by atoms with E-state index in [0.717, 1.165) is 38.9 Å². The van der Waals surface area contributed by atoms with Gasteiger partial charge >= 0.3 is 0 Å². The number of carbonyl (C=O) groups is 1. The van der Waals surface area contributed by atoms with E-state index in [2.05, 4.69) is 40.7 Å². The van der Waals surface area contributed by atoms with Gasteiger partial charge in [-0.25, -0.2) is 4.98 Å². The predicted molar refractivity (Wildman–Crippen MR) is 126 cm³/mol. The Labute approximate surface area is 189 Å². The van der Waals surface area contributed by atoms with E-state index >= 15 is 0 Å². The van der Waals surface area contributed by atoms with E-state index in [1.54, 1.807) is 22.6 Å². The van der Waals surface area contributed by atoms with E-state index in [4.69, 9.17) is 4.98 Å². The van der Waals surface area contributed by atoms with Crippen LogP contribution in [0, 0.1) is 13.8 Å². The molecule has 1 fully saturated rings. The Hall–Kier alpha value is -2.71. The minimum atomic E-state index is 0.0210. The summed E-state index contributed by atoms with van der Waals surface area (Å²) in [5, 5.41) is 9.80. The fourth-order valence-electron chi connectivity index (χ4n) is 3.50. The summed E-state index contributed by atoms with van der Waals surface area (Å²) in [5.41, 5.74) is 4.43. The van der Waals surface area contributed by atoms with E-state index in [-0.39, 0.29) is 5.91 Å². The predicted octanol–water partition coefficient (Wildman–Crippen LogP) is 5.17. The molecule has 31 heavy (non-hydrogen) atoms. The molecule has 0 spiro atoms. The van der Waals surface area contributed by atoms with Gasteiger partial charge in [-0.3, -0.25) is 9.69 Å². The second kappa shape index (κ2) is 8.43. The van der Waals surface area contributed by atoms with Crippen molar-refractivity contribution in [2.24, 2.45) is 0 Å². The van der Waals surface area contributed by atoms with Crippen LogP contribution in [0.4, 0.5) is 5.13 Å². The number of thioether (sulfide) groups is 1. The van der Waals surface area contributed by atoms with Crippen molar-refractivity contribution in [3.05, 3.63) is 65.5 Å². The highest BCUT2D eigenvalue weighted by atomic mass is 32.2. The molecule has 0 unspecified atom stereocenters. The van der Waals surface area contributed by atoms with Crippen LogP contribution in [0.2, 0.25) is 0 Å². The summed E-state index contributed by atoms with van der Waals surface area (Å²) in [6.07, 6.45) is 4.08. The Morgan fingerprint density at radius 2 is 2.00 bits per heavy atom. The van der Waals surface area contributed by atoms with Gasteiger partial charge in [0.15, 0.2) is 10.3 Å². The molecule has 158 valence electrons. The van der Waals surface area contributed by atoms with Crippen LogP contribution in [0.3, 0.4) is 0 Å². The monoisotopic (exact) mass is 449 g/mol. The average Bonchev–Trinajstić information content (AvgIpc) is 3.36. The Kier molecular flexibility index (Phi) is 5.50. The molecule has 2 aromatic heterocycles. The van der Waals surface area contributed by atoms with Gasteiger partial charge in [0.05, 0.1) is 22.5 Å². The molecule has 0 aliphatic heterocycles. The molecule has 1 saturated carbocycles. The minimum absolute atomic E-state index is 0.0210. The normalized spacial score (nSPS) is 13.6. The van der Waals surface area contributed by atoms with Gasteiger partial charge in [0.2, 0.25) is 5.91 Å². The molecule has 0 atom stereocenters. The van der Waals surface area contributed by atoms with Gasteiger partial charge in [0.25, 0.3) is 0 Å². The Balaban J connectivity index is 1.43. The van der Waals surface area contributed by atoms with Crippen LogP contribution in [0.15, 0.2) is 53.9 Å². The Bertz CT molecular complexity index is 1230. The number of amides is 1. The molecule has 6 nitrogen and oxygen atoms in total. The molecule has 0 bridgehead atoms. The quantitative estimate of drug-likeness (QED) is 0.365. The lowest BCUT2D eigenvalue weighted by Gasteiger charge is -2.20.